The van der Waals surface area contributed by atoms with Gasteiger partial charge in [0.15, 0.2) is 5.17 Å². The van der Waals surface area contributed by atoms with Gasteiger partial charge in [0, 0.05) is 15.6 Å². The highest BCUT2D eigenvalue weighted by Gasteiger charge is 2.25. The number of thioether (sulfide) groups is 1. The maximum atomic E-state index is 12.1. The van der Waals surface area contributed by atoms with Crippen molar-refractivity contribution in [2.24, 2.45) is 4.99 Å². The minimum absolute atomic E-state index is 0.263. The number of nitrogens with zero attached hydrogens (tertiary/aromatic N) is 1. The largest absolute Gasteiger partial charge is 0.496 e. The Morgan fingerprint density at radius 3 is 2.72 bits per heavy atom. The Hall–Kier alpha value is -2.38. The molecule has 7 heteroatoms. The van der Waals surface area contributed by atoms with E-state index in [4.69, 9.17) is 4.74 Å². The number of aliphatic imine (C=N–C) groups is 1. The van der Waals surface area contributed by atoms with Crippen LogP contribution in [0.2, 0.25) is 0 Å². The molecular formula is C18H13BrN2O3S. The zero-order valence-corrected chi connectivity index (χ0v) is 15.6. The molecule has 0 aliphatic carbocycles. The lowest BCUT2D eigenvalue weighted by molar-refractivity contribution is -0.115. The van der Waals surface area contributed by atoms with E-state index < -0.39 is 5.91 Å². The fraction of sp³-hybridized carbons (Fsp3) is 0.0556. The number of benzene rings is 2. The minimum atomic E-state index is -0.398. The summed E-state index contributed by atoms with van der Waals surface area (Å²) >= 11 is 4.52. The smallest absolute Gasteiger partial charge is 0.279 e. The molecule has 0 unspecified atom stereocenters. The number of methoxy groups -OCH3 is 1. The molecule has 0 spiro atoms. The summed E-state index contributed by atoms with van der Waals surface area (Å²) < 4.78 is 6.18. The highest BCUT2D eigenvalue weighted by molar-refractivity contribution is 9.10. The van der Waals surface area contributed by atoms with Gasteiger partial charge in [-0.25, -0.2) is 0 Å². The number of hydrogen-bond donors (Lipinski definition) is 1. The lowest BCUT2D eigenvalue weighted by atomic mass is 10.2. The molecule has 1 aliphatic rings. The van der Waals surface area contributed by atoms with Crippen molar-refractivity contribution in [1.82, 2.24) is 5.32 Å². The first kappa shape index (κ1) is 17.4. The molecule has 1 fully saturated rings. The summed E-state index contributed by atoms with van der Waals surface area (Å²) in [7, 11) is 1.57. The summed E-state index contributed by atoms with van der Waals surface area (Å²) in [6.45, 7) is 0. The van der Waals surface area contributed by atoms with Crippen molar-refractivity contribution in [2.75, 3.05) is 7.11 Å². The van der Waals surface area contributed by atoms with E-state index in [1.807, 2.05) is 24.3 Å². The van der Waals surface area contributed by atoms with Gasteiger partial charge in [-0.2, -0.15) is 4.99 Å². The monoisotopic (exact) mass is 416 g/mol. The van der Waals surface area contributed by atoms with Gasteiger partial charge < -0.3 is 10.1 Å². The number of halogens is 1. The zero-order chi connectivity index (χ0) is 17.8. The van der Waals surface area contributed by atoms with E-state index in [9.17, 15) is 9.59 Å². The van der Waals surface area contributed by atoms with Crippen LogP contribution in [0.3, 0.4) is 0 Å². The molecule has 2 aromatic rings. The van der Waals surface area contributed by atoms with Crippen molar-refractivity contribution in [2.45, 2.75) is 0 Å². The van der Waals surface area contributed by atoms with Crippen LogP contribution in [-0.4, -0.2) is 24.1 Å². The Kier molecular flexibility index (Phi) is 5.35. The van der Waals surface area contributed by atoms with Gasteiger partial charge in [-0.1, -0.05) is 34.1 Å². The van der Waals surface area contributed by atoms with Gasteiger partial charge in [-0.15, -0.1) is 0 Å². The van der Waals surface area contributed by atoms with Gasteiger partial charge in [-0.3, -0.25) is 9.59 Å². The lowest BCUT2D eigenvalue weighted by Crippen LogP contribution is -2.20. The molecule has 126 valence electrons. The number of nitrogens with one attached hydrogen (secondary N) is 1. The van der Waals surface area contributed by atoms with Gasteiger partial charge >= 0.3 is 0 Å². The fourth-order valence-electron chi connectivity index (χ4n) is 2.18. The topological polar surface area (TPSA) is 67.8 Å². The van der Waals surface area contributed by atoms with Crippen LogP contribution in [0.15, 0.2) is 62.9 Å². The molecule has 3 rings (SSSR count). The van der Waals surface area contributed by atoms with Crippen LogP contribution in [0.25, 0.3) is 6.08 Å². The first-order valence-electron chi connectivity index (χ1n) is 7.29. The van der Waals surface area contributed by atoms with Crippen molar-refractivity contribution < 1.29 is 14.3 Å². The van der Waals surface area contributed by atoms with Gasteiger partial charge in [0.25, 0.3) is 11.8 Å². The number of carbonyl (C=O) groups excluding carboxylic acids is 2. The molecule has 1 heterocycles. The average molecular weight is 417 g/mol. The van der Waals surface area contributed by atoms with Crippen molar-refractivity contribution in [3.05, 3.63) is 69.0 Å². The van der Waals surface area contributed by atoms with Crippen molar-refractivity contribution in [3.63, 3.8) is 0 Å². The molecule has 0 atom stereocenters. The van der Waals surface area contributed by atoms with Crippen LogP contribution in [0, 0.1) is 0 Å². The van der Waals surface area contributed by atoms with E-state index in [0.717, 1.165) is 21.8 Å². The number of carbonyl (C=O) groups is 2. The Labute approximate surface area is 157 Å². The van der Waals surface area contributed by atoms with Crippen LogP contribution < -0.4 is 10.1 Å². The predicted octanol–water partition coefficient (Wildman–Crippen LogP) is 3.86. The second kappa shape index (κ2) is 7.67. The number of rotatable bonds is 3. The Bertz CT molecular complexity index is 894. The van der Waals surface area contributed by atoms with Gasteiger partial charge in [0.2, 0.25) is 0 Å². The predicted molar refractivity (Wildman–Crippen MR) is 103 cm³/mol. The maximum absolute atomic E-state index is 12.1. The van der Waals surface area contributed by atoms with Gasteiger partial charge in [-0.05, 0) is 48.2 Å². The van der Waals surface area contributed by atoms with E-state index >= 15 is 0 Å². The van der Waals surface area contributed by atoms with Crippen LogP contribution >= 0.6 is 27.7 Å². The second-order valence-electron chi connectivity index (χ2n) is 5.04. The molecule has 0 bridgehead atoms. The third kappa shape index (κ3) is 4.18. The Balaban J connectivity index is 1.84. The first-order chi connectivity index (χ1) is 12.1. The molecule has 0 aromatic heterocycles. The highest BCUT2D eigenvalue weighted by atomic mass is 79.9. The summed E-state index contributed by atoms with van der Waals surface area (Å²) in [6, 6.07) is 14.2. The molecule has 0 radical (unpaired) electrons. The lowest BCUT2D eigenvalue weighted by Gasteiger charge is -2.05. The van der Waals surface area contributed by atoms with Crippen molar-refractivity contribution in [1.29, 1.82) is 0 Å². The summed E-state index contributed by atoms with van der Waals surface area (Å²) in [6.07, 6.45) is 1.71. The first-order valence-corrected chi connectivity index (χ1v) is 8.90. The quantitative estimate of drug-likeness (QED) is 0.771. The van der Waals surface area contributed by atoms with Crippen LogP contribution in [0.4, 0.5) is 0 Å². The molecule has 0 saturated carbocycles. The van der Waals surface area contributed by atoms with Crippen LogP contribution in [0.5, 0.6) is 5.75 Å². The number of amidine groups is 1. The molecule has 1 aliphatic heterocycles. The Morgan fingerprint density at radius 1 is 1.24 bits per heavy atom. The highest BCUT2D eigenvalue weighted by Crippen LogP contribution is 2.31. The molecule has 2 amide bonds. The third-order valence-corrected chi connectivity index (χ3v) is 4.76. The van der Waals surface area contributed by atoms with E-state index in [1.54, 1.807) is 37.5 Å². The van der Waals surface area contributed by atoms with Crippen molar-refractivity contribution >= 4 is 50.7 Å². The Morgan fingerprint density at radius 2 is 2.00 bits per heavy atom. The number of hydrogen-bond acceptors (Lipinski definition) is 4. The maximum Gasteiger partial charge on any atom is 0.279 e. The average Bonchev–Trinajstić information content (AvgIpc) is 2.95. The second-order valence-corrected chi connectivity index (χ2v) is 6.99. The van der Waals surface area contributed by atoms with Gasteiger partial charge in [0.1, 0.15) is 5.75 Å². The van der Waals surface area contributed by atoms with Crippen LogP contribution in [0.1, 0.15) is 15.9 Å². The standard InChI is InChI=1S/C18H13BrN2O3S/c1-24-14-8-7-13(19)9-12(14)10-15-17(23)21-18(25-15)20-16(22)11-5-3-2-4-6-11/h2-10H,1H3,(H,20,21,22,23)/b15-10-. The van der Waals surface area contributed by atoms with E-state index in [0.29, 0.717) is 16.2 Å². The number of ether oxygens (including phenoxy) is 1. The third-order valence-electron chi connectivity index (χ3n) is 3.35. The summed E-state index contributed by atoms with van der Waals surface area (Å²) in [4.78, 5) is 28.7. The molecule has 5 nitrogen and oxygen atoms in total. The van der Waals surface area contributed by atoms with Crippen LogP contribution in [-0.2, 0) is 4.79 Å². The molecule has 1 N–H and O–H groups in total. The summed E-state index contributed by atoms with van der Waals surface area (Å²) in [5, 5.41) is 2.87. The van der Waals surface area contributed by atoms with Gasteiger partial charge in [0.05, 0.1) is 12.0 Å². The van der Waals surface area contributed by atoms with E-state index in [-0.39, 0.29) is 11.1 Å². The fourth-order valence-corrected chi connectivity index (χ4v) is 3.37. The zero-order valence-electron chi connectivity index (χ0n) is 13.2. The van der Waals surface area contributed by atoms with Crippen molar-refractivity contribution in [3.8, 4) is 5.75 Å². The molecule has 1 saturated heterocycles. The van der Waals surface area contributed by atoms with E-state index in [2.05, 4.69) is 26.2 Å². The summed E-state index contributed by atoms with van der Waals surface area (Å²) in [5.74, 6) is -0.0498. The van der Waals surface area contributed by atoms with E-state index in [1.165, 1.54) is 0 Å². The molecule has 25 heavy (non-hydrogen) atoms. The summed E-state index contributed by atoms with van der Waals surface area (Å²) in [5.41, 5.74) is 1.22. The normalized spacial score (nSPS) is 17.0. The molecule has 2 aromatic carbocycles. The molecular weight excluding hydrogens is 404 g/mol. The number of amides is 2. The minimum Gasteiger partial charge on any atom is -0.496 e. The SMILES string of the molecule is COc1ccc(Br)cc1/C=C1\SC(=NC(=O)c2ccccc2)NC1=O.